The summed E-state index contributed by atoms with van der Waals surface area (Å²) in [7, 11) is 0. The first-order valence-electron chi connectivity index (χ1n) is 17.1. The summed E-state index contributed by atoms with van der Waals surface area (Å²) < 4.78 is 50.5. The van der Waals surface area contributed by atoms with E-state index in [2.05, 4.69) is 20.8 Å². The molecule has 0 radical (unpaired) electrons. The number of fused-ring (bicyclic) bond motifs is 1. The third kappa shape index (κ3) is 9.31. The number of hydrogen-bond acceptors (Lipinski definition) is 5. The van der Waals surface area contributed by atoms with Crippen molar-refractivity contribution in [1.82, 2.24) is 9.80 Å². The molecule has 0 aliphatic carbocycles. The Morgan fingerprint density at radius 2 is 1.40 bits per heavy atom. The molecule has 1 atom stereocenters. The number of benzene rings is 4. The van der Waals surface area contributed by atoms with Crippen molar-refractivity contribution in [2.45, 2.75) is 71.6 Å². The molecule has 0 aromatic heterocycles. The molecule has 1 heterocycles. The van der Waals surface area contributed by atoms with Crippen molar-refractivity contribution in [1.29, 1.82) is 0 Å². The van der Waals surface area contributed by atoms with Gasteiger partial charge in [-0.25, -0.2) is 14.5 Å². The van der Waals surface area contributed by atoms with Gasteiger partial charge in [0.05, 0.1) is 18.7 Å². The molecule has 0 bridgehead atoms. The fourth-order valence-electron chi connectivity index (χ4n) is 5.95. The lowest BCUT2D eigenvalue weighted by molar-refractivity contribution is -0.137. The quantitative estimate of drug-likeness (QED) is 0.185. The van der Waals surface area contributed by atoms with Gasteiger partial charge in [0.25, 0.3) is 5.91 Å². The molecular weight excluding hydrogens is 673 g/mol. The Morgan fingerprint density at radius 1 is 0.827 bits per heavy atom. The first-order chi connectivity index (χ1) is 24.5. The second-order valence-corrected chi connectivity index (χ2v) is 14.4. The highest BCUT2D eigenvalue weighted by Gasteiger charge is 2.40. The predicted molar refractivity (Wildman–Crippen MR) is 191 cm³/mol. The molecule has 4 aromatic carbocycles. The standard InChI is InChI=1S/C41H43F3N2O6/c1-26(2)25-51-39(50)46-24-31-22-35(52-34-18-15-32(16-19-34)40(3,4)5)17-12-30(31)23-36(46)37(47)45(38(48)49)21-20-27-6-8-28(9-7-27)29-10-13-33(14-11-29)41(42,43)44/h6-19,22,26,36H,20-21,23-25H2,1-5H3,(H,48,49)/t36-/m0/s1. The van der Waals surface area contributed by atoms with Crippen LogP contribution in [0.5, 0.6) is 11.5 Å². The van der Waals surface area contributed by atoms with Crippen molar-refractivity contribution in [3.63, 3.8) is 0 Å². The van der Waals surface area contributed by atoms with Crippen LogP contribution >= 0.6 is 0 Å². The number of hydrogen-bond donors (Lipinski definition) is 1. The Labute approximate surface area is 301 Å². The van der Waals surface area contributed by atoms with E-state index in [0.29, 0.717) is 22.6 Å². The second-order valence-electron chi connectivity index (χ2n) is 14.4. The third-order valence-corrected chi connectivity index (χ3v) is 8.94. The zero-order chi connectivity index (χ0) is 37.8. The van der Waals surface area contributed by atoms with Gasteiger partial charge in [0.2, 0.25) is 0 Å². The van der Waals surface area contributed by atoms with E-state index >= 15 is 0 Å². The van der Waals surface area contributed by atoms with Crippen molar-refractivity contribution in [2.24, 2.45) is 5.92 Å². The molecule has 5 rings (SSSR count). The van der Waals surface area contributed by atoms with E-state index < -0.39 is 35.9 Å². The maximum absolute atomic E-state index is 14.0. The number of carbonyl (C=O) groups excluding carboxylic acids is 2. The predicted octanol–water partition coefficient (Wildman–Crippen LogP) is 9.73. The molecule has 8 nitrogen and oxygen atoms in total. The average Bonchev–Trinajstić information content (AvgIpc) is 3.09. The van der Waals surface area contributed by atoms with Gasteiger partial charge in [-0.1, -0.05) is 89.2 Å². The fraction of sp³-hybridized carbons (Fsp3) is 0.341. The molecule has 0 saturated carbocycles. The minimum Gasteiger partial charge on any atom is -0.465 e. The first-order valence-corrected chi connectivity index (χ1v) is 17.1. The number of carbonyl (C=O) groups is 3. The van der Waals surface area contributed by atoms with Crippen LogP contribution < -0.4 is 4.74 Å². The summed E-state index contributed by atoms with van der Waals surface area (Å²) in [5.74, 6) is 0.497. The van der Waals surface area contributed by atoms with Gasteiger partial charge >= 0.3 is 18.4 Å². The van der Waals surface area contributed by atoms with Crippen molar-refractivity contribution >= 4 is 18.1 Å². The van der Waals surface area contributed by atoms with Crippen LogP contribution in [0.3, 0.4) is 0 Å². The fourth-order valence-corrected chi connectivity index (χ4v) is 5.95. The summed E-state index contributed by atoms with van der Waals surface area (Å²) in [6.45, 7) is 10.1. The van der Waals surface area contributed by atoms with Crippen molar-refractivity contribution in [3.8, 4) is 22.6 Å². The Hall–Kier alpha value is -5.32. The number of carboxylic acid groups (broad SMARTS) is 1. The molecule has 0 spiro atoms. The highest BCUT2D eigenvalue weighted by molar-refractivity contribution is 5.96. The Morgan fingerprint density at radius 3 is 1.96 bits per heavy atom. The van der Waals surface area contributed by atoms with Crippen LogP contribution in [0.15, 0.2) is 91.0 Å². The van der Waals surface area contributed by atoms with E-state index in [0.717, 1.165) is 33.7 Å². The van der Waals surface area contributed by atoms with E-state index in [-0.39, 0.29) is 43.9 Å². The molecule has 11 heteroatoms. The number of amides is 3. The lowest BCUT2D eigenvalue weighted by Gasteiger charge is -2.37. The van der Waals surface area contributed by atoms with E-state index in [1.165, 1.54) is 22.6 Å². The van der Waals surface area contributed by atoms with Gasteiger partial charge in [-0.15, -0.1) is 0 Å². The van der Waals surface area contributed by atoms with Crippen LogP contribution in [0, 0.1) is 5.92 Å². The topological polar surface area (TPSA) is 96.4 Å². The van der Waals surface area contributed by atoms with E-state index in [1.54, 1.807) is 30.3 Å². The lowest BCUT2D eigenvalue weighted by atomic mass is 9.87. The normalized spacial score (nSPS) is 14.5. The molecular formula is C41H43F3N2O6. The maximum atomic E-state index is 14.0. The van der Waals surface area contributed by atoms with E-state index in [1.807, 2.05) is 50.2 Å². The molecule has 3 amide bonds. The maximum Gasteiger partial charge on any atom is 0.416 e. The number of halogens is 3. The summed E-state index contributed by atoms with van der Waals surface area (Å²) in [5, 5.41) is 10.1. The van der Waals surface area contributed by atoms with Gasteiger partial charge < -0.3 is 14.6 Å². The summed E-state index contributed by atoms with van der Waals surface area (Å²) in [5.41, 5.74) is 3.96. The summed E-state index contributed by atoms with van der Waals surface area (Å²) in [6.07, 6.45) is -6.33. The largest absolute Gasteiger partial charge is 0.465 e. The van der Waals surface area contributed by atoms with E-state index in [4.69, 9.17) is 9.47 Å². The molecule has 52 heavy (non-hydrogen) atoms. The number of nitrogens with zero attached hydrogens (tertiary/aromatic N) is 2. The highest BCUT2D eigenvalue weighted by Crippen LogP contribution is 2.33. The molecule has 0 fully saturated rings. The van der Waals surface area contributed by atoms with Crippen LogP contribution in [-0.4, -0.2) is 52.2 Å². The van der Waals surface area contributed by atoms with Crippen molar-refractivity contribution < 1.29 is 42.1 Å². The third-order valence-electron chi connectivity index (χ3n) is 8.94. The molecule has 0 saturated heterocycles. The van der Waals surface area contributed by atoms with Gasteiger partial charge in [0, 0.05) is 13.0 Å². The average molecular weight is 717 g/mol. The van der Waals surface area contributed by atoms with Crippen LogP contribution in [-0.2, 0) is 40.5 Å². The molecule has 4 aromatic rings. The highest BCUT2D eigenvalue weighted by atomic mass is 19.4. The lowest BCUT2D eigenvalue weighted by Crippen LogP contribution is -2.55. The summed E-state index contributed by atoms with van der Waals surface area (Å²) in [6, 6.07) is 23.9. The van der Waals surface area contributed by atoms with Gasteiger partial charge in [0.1, 0.15) is 17.5 Å². The van der Waals surface area contributed by atoms with Crippen LogP contribution in [0.25, 0.3) is 11.1 Å². The van der Waals surface area contributed by atoms with Crippen molar-refractivity contribution in [3.05, 3.63) is 119 Å². The molecule has 0 unspecified atom stereocenters. The van der Waals surface area contributed by atoms with Crippen LogP contribution in [0.1, 0.15) is 62.4 Å². The molecule has 274 valence electrons. The number of alkyl halides is 3. The molecule has 1 N–H and O–H groups in total. The van der Waals surface area contributed by atoms with Gasteiger partial charge in [-0.05, 0) is 87.5 Å². The molecule has 1 aliphatic rings. The van der Waals surface area contributed by atoms with Gasteiger partial charge in [0.15, 0.2) is 0 Å². The zero-order valence-electron chi connectivity index (χ0n) is 29.9. The minimum atomic E-state index is -4.43. The van der Waals surface area contributed by atoms with Gasteiger partial charge in [-0.2, -0.15) is 13.2 Å². The van der Waals surface area contributed by atoms with E-state index in [9.17, 15) is 32.7 Å². The Bertz CT molecular complexity index is 1880. The van der Waals surface area contributed by atoms with Crippen LogP contribution in [0.4, 0.5) is 22.8 Å². The second kappa shape index (κ2) is 15.5. The van der Waals surface area contributed by atoms with Crippen LogP contribution in [0.2, 0.25) is 0 Å². The smallest absolute Gasteiger partial charge is 0.416 e. The summed E-state index contributed by atoms with van der Waals surface area (Å²) in [4.78, 5) is 41.8. The number of imide groups is 1. The Balaban J connectivity index is 1.31. The number of rotatable bonds is 9. The van der Waals surface area contributed by atoms with Gasteiger partial charge in [-0.3, -0.25) is 9.69 Å². The molecule has 1 aliphatic heterocycles. The minimum absolute atomic E-state index is 0.00525. The zero-order valence-corrected chi connectivity index (χ0v) is 29.9. The summed E-state index contributed by atoms with van der Waals surface area (Å²) >= 11 is 0. The first kappa shape index (κ1) is 37.9. The SMILES string of the molecule is CC(C)COC(=O)N1Cc2cc(Oc3ccc(C(C)(C)C)cc3)ccc2C[C@H]1C(=O)N(CCc1ccc(-c2ccc(C(F)(F)F)cc2)cc1)C(=O)O. The Kier molecular flexibility index (Phi) is 11.3. The van der Waals surface area contributed by atoms with Crippen molar-refractivity contribution in [2.75, 3.05) is 13.2 Å². The monoisotopic (exact) mass is 716 g/mol. The number of ether oxygens (including phenoxy) is 2.